The number of amides is 3. The van der Waals surface area contributed by atoms with Gasteiger partial charge in [-0.05, 0) is 42.3 Å². The van der Waals surface area contributed by atoms with Crippen molar-refractivity contribution in [2.75, 3.05) is 13.6 Å². The lowest BCUT2D eigenvalue weighted by Gasteiger charge is -2.24. The fourth-order valence-corrected chi connectivity index (χ4v) is 3.54. The highest BCUT2D eigenvalue weighted by atomic mass is 35.5. The Bertz CT molecular complexity index is 1270. The Labute approximate surface area is 231 Å². The van der Waals surface area contributed by atoms with Gasteiger partial charge in [0.25, 0.3) is 0 Å². The second-order valence-corrected chi connectivity index (χ2v) is 8.89. The third kappa shape index (κ3) is 9.08. The van der Waals surface area contributed by atoms with Crippen LogP contribution >= 0.6 is 11.6 Å². The van der Waals surface area contributed by atoms with Gasteiger partial charge in [0.15, 0.2) is 5.69 Å². The molecule has 0 bridgehead atoms. The maximum absolute atomic E-state index is 12.8. The summed E-state index contributed by atoms with van der Waals surface area (Å²) in [5.74, 6) is -0.715. The zero-order chi connectivity index (χ0) is 28.2. The highest BCUT2D eigenvalue weighted by molar-refractivity contribution is 6.30. The molecule has 1 aliphatic carbocycles. The molecule has 2 aromatic rings. The first-order chi connectivity index (χ1) is 18.8. The Morgan fingerprint density at radius 3 is 2.64 bits per heavy atom. The van der Waals surface area contributed by atoms with Crippen LogP contribution in [-0.2, 0) is 11.3 Å². The van der Waals surface area contributed by atoms with E-state index in [1.54, 1.807) is 48.4 Å². The maximum Gasteiger partial charge on any atom is 0.356 e. The van der Waals surface area contributed by atoms with Crippen LogP contribution in [0.2, 0.25) is 5.02 Å². The van der Waals surface area contributed by atoms with Crippen molar-refractivity contribution in [3.8, 4) is 5.88 Å². The van der Waals surface area contributed by atoms with Crippen molar-refractivity contribution < 1.29 is 24.2 Å². The van der Waals surface area contributed by atoms with Crippen molar-refractivity contribution in [1.29, 1.82) is 0 Å². The number of urea groups is 1. The number of aromatic nitrogens is 2. The number of nitrogens with zero attached hydrogens (tertiary/aromatic N) is 5. The van der Waals surface area contributed by atoms with Crippen LogP contribution in [0.5, 0.6) is 5.88 Å². The van der Waals surface area contributed by atoms with Gasteiger partial charge in [-0.25, -0.2) is 24.5 Å². The number of hydrogen-bond acceptors (Lipinski definition) is 7. The number of nitrogens with one attached hydrogen (secondary N) is 1. The Kier molecular flexibility index (Phi) is 10.8. The molecule has 0 saturated carbocycles. The fraction of sp³-hybridized carbons (Fsp3) is 0.259. The Morgan fingerprint density at radius 1 is 1.23 bits per heavy atom. The number of aliphatic imine (C=N–C) groups is 1. The number of carbonyl (C=O) groups excluding carboxylic acids is 2. The smallest absolute Gasteiger partial charge is 0.356 e. The van der Waals surface area contributed by atoms with Crippen LogP contribution in [0.3, 0.4) is 0 Å². The summed E-state index contributed by atoms with van der Waals surface area (Å²) >= 11 is 6.00. The maximum atomic E-state index is 12.8. The Hall–Kier alpha value is -4.51. The van der Waals surface area contributed by atoms with Gasteiger partial charge in [0, 0.05) is 37.3 Å². The molecule has 1 heterocycles. The Morgan fingerprint density at radius 2 is 2.00 bits per heavy atom. The minimum atomic E-state index is -1.17. The molecular formula is C27H29ClN6O5. The molecule has 1 aromatic heterocycles. The fourth-order valence-electron chi connectivity index (χ4n) is 3.41. The molecule has 204 valence electrons. The summed E-state index contributed by atoms with van der Waals surface area (Å²) < 4.78 is 5.75. The van der Waals surface area contributed by atoms with E-state index in [-0.39, 0.29) is 24.1 Å². The highest BCUT2D eigenvalue weighted by Crippen LogP contribution is 2.15. The lowest BCUT2D eigenvalue weighted by molar-refractivity contribution is -0.115. The van der Waals surface area contributed by atoms with Gasteiger partial charge in [0.2, 0.25) is 18.2 Å². The normalized spacial score (nSPS) is 17.2. The molecule has 0 radical (unpaired) electrons. The van der Waals surface area contributed by atoms with E-state index >= 15 is 0 Å². The minimum absolute atomic E-state index is 0.175. The number of rotatable bonds is 9. The van der Waals surface area contributed by atoms with Crippen molar-refractivity contribution in [1.82, 2.24) is 25.1 Å². The van der Waals surface area contributed by atoms with Gasteiger partial charge < -0.3 is 14.7 Å². The summed E-state index contributed by atoms with van der Waals surface area (Å²) in [5, 5.41) is 12.3. The van der Waals surface area contributed by atoms with E-state index in [0.29, 0.717) is 36.5 Å². The van der Waals surface area contributed by atoms with Crippen LogP contribution in [0.25, 0.3) is 0 Å². The first-order valence-electron chi connectivity index (χ1n) is 12.1. The van der Waals surface area contributed by atoms with E-state index in [4.69, 9.17) is 21.4 Å². The highest BCUT2D eigenvalue weighted by Gasteiger charge is 2.18. The summed E-state index contributed by atoms with van der Waals surface area (Å²) in [6.07, 6.45) is 12.4. The number of imide groups is 1. The van der Waals surface area contributed by atoms with Gasteiger partial charge >= 0.3 is 12.0 Å². The van der Waals surface area contributed by atoms with Crippen molar-refractivity contribution in [2.24, 2.45) is 4.99 Å². The topological polar surface area (TPSA) is 137 Å². The molecule has 1 unspecified atom stereocenters. The molecule has 3 rings (SSSR count). The molecule has 1 atom stereocenters. The number of carbonyl (C=O) groups is 3. The Balaban J connectivity index is 1.78. The summed E-state index contributed by atoms with van der Waals surface area (Å²) in [7, 11) is 1.79. The lowest BCUT2D eigenvalue weighted by Crippen LogP contribution is -2.48. The van der Waals surface area contributed by atoms with Crippen LogP contribution in [0.15, 0.2) is 77.7 Å². The first kappa shape index (κ1) is 29.1. The molecule has 0 spiro atoms. The monoisotopic (exact) mass is 552 g/mol. The van der Waals surface area contributed by atoms with Gasteiger partial charge in [-0.2, -0.15) is 0 Å². The first-order valence-corrected chi connectivity index (χ1v) is 12.5. The number of carboxylic acid groups (broad SMARTS) is 1. The van der Waals surface area contributed by atoms with E-state index in [2.05, 4.69) is 20.3 Å². The van der Waals surface area contributed by atoms with Crippen LogP contribution in [0.1, 0.15) is 35.8 Å². The van der Waals surface area contributed by atoms with Gasteiger partial charge in [0.1, 0.15) is 6.10 Å². The number of allylic oxidation sites excluding steroid dienone is 3. The van der Waals surface area contributed by atoms with Crippen LogP contribution in [-0.4, -0.2) is 68.9 Å². The summed E-state index contributed by atoms with van der Waals surface area (Å²) in [5.41, 5.74) is 1.43. The van der Waals surface area contributed by atoms with E-state index in [1.165, 1.54) is 6.20 Å². The van der Waals surface area contributed by atoms with Crippen LogP contribution in [0.4, 0.5) is 4.79 Å². The van der Waals surface area contributed by atoms with Crippen molar-refractivity contribution >= 4 is 36.0 Å². The third-order valence-corrected chi connectivity index (χ3v) is 5.61. The molecule has 0 fully saturated rings. The molecular weight excluding hydrogens is 524 g/mol. The minimum Gasteiger partial charge on any atom is -0.476 e. The standard InChI is InChI=1S/C27H29ClN6O5/c1-3-14-34(18-35)27(38)32-26(33(2)17-19-10-12-20(28)13-11-19)31-21-6-4-8-22(9-5-7-21)39-24-16-29-23(15-30-24)25(36)37/h4-6,8-13,15-16,18,22H,3,7,14,17H2,1-2H3,(H,36,37)(H,31,32,38)/b8-4?,9-5-,21-6+. The number of aromatic carboxylic acids is 1. The van der Waals surface area contributed by atoms with Crippen molar-refractivity contribution in [3.63, 3.8) is 0 Å². The van der Waals surface area contributed by atoms with Gasteiger partial charge in [-0.1, -0.05) is 42.8 Å². The zero-order valence-corrected chi connectivity index (χ0v) is 22.3. The van der Waals surface area contributed by atoms with E-state index in [1.807, 2.05) is 25.1 Å². The van der Waals surface area contributed by atoms with E-state index in [9.17, 15) is 14.4 Å². The second-order valence-electron chi connectivity index (χ2n) is 8.45. The number of hydrogen-bond donors (Lipinski definition) is 2. The lowest BCUT2D eigenvalue weighted by atomic mass is 10.2. The average molecular weight is 553 g/mol. The molecule has 0 saturated heterocycles. The number of benzene rings is 1. The van der Waals surface area contributed by atoms with Gasteiger partial charge in [-0.3, -0.25) is 15.0 Å². The summed E-state index contributed by atoms with van der Waals surface area (Å²) in [4.78, 5) is 50.4. The number of guanidine groups is 1. The number of ether oxygens (including phenoxy) is 1. The molecule has 39 heavy (non-hydrogen) atoms. The van der Waals surface area contributed by atoms with Crippen molar-refractivity contribution in [3.05, 3.63) is 89.0 Å². The van der Waals surface area contributed by atoms with Gasteiger partial charge in [-0.15, -0.1) is 0 Å². The molecule has 1 aliphatic rings. The largest absolute Gasteiger partial charge is 0.476 e. The second kappa shape index (κ2) is 14.4. The molecule has 1 aromatic carbocycles. The summed E-state index contributed by atoms with van der Waals surface area (Å²) in [6.45, 7) is 2.59. The summed E-state index contributed by atoms with van der Waals surface area (Å²) in [6, 6.07) is 6.76. The quantitative estimate of drug-likeness (QED) is 0.206. The SMILES string of the molecule is CCCN(C=O)C(=O)NC(=N/C1=C/C=CC(Oc2cnc(C(=O)O)cn2)/C=C\C1)N(C)Cc1ccc(Cl)cc1. The number of halogens is 1. The molecule has 2 N–H and O–H groups in total. The molecule has 3 amide bonds. The van der Waals surface area contributed by atoms with E-state index in [0.717, 1.165) is 16.7 Å². The molecule has 11 nitrogen and oxygen atoms in total. The molecule has 12 heteroatoms. The predicted octanol–water partition coefficient (Wildman–Crippen LogP) is 4.04. The van der Waals surface area contributed by atoms with E-state index < -0.39 is 18.1 Å². The predicted molar refractivity (Wildman–Crippen MR) is 146 cm³/mol. The molecule has 0 aliphatic heterocycles. The zero-order valence-electron chi connectivity index (χ0n) is 21.5. The van der Waals surface area contributed by atoms with Crippen LogP contribution < -0.4 is 10.1 Å². The van der Waals surface area contributed by atoms with Crippen molar-refractivity contribution in [2.45, 2.75) is 32.4 Å². The average Bonchev–Trinajstić information content (AvgIpc) is 2.90. The van der Waals surface area contributed by atoms with Crippen LogP contribution in [0, 0.1) is 0 Å². The third-order valence-electron chi connectivity index (χ3n) is 5.36. The van der Waals surface area contributed by atoms with Gasteiger partial charge in [0.05, 0.1) is 12.4 Å². The number of carboxylic acids is 1.